The molecule has 0 aliphatic carbocycles. The van der Waals surface area contributed by atoms with E-state index in [9.17, 15) is 9.50 Å². The molecule has 3 heteroatoms. The van der Waals surface area contributed by atoms with Crippen LogP contribution in [0.25, 0.3) is 0 Å². The highest BCUT2D eigenvalue weighted by Crippen LogP contribution is 2.20. The Bertz CT molecular complexity index is 124. The van der Waals surface area contributed by atoms with Gasteiger partial charge in [0.2, 0.25) is 0 Å². The van der Waals surface area contributed by atoms with Gasteiger partial charge in [0.25, 0.3) is 0 Å². The smallest absolute Gasteiger partial charge is 0.0897 e. The number of alkyl halides is 1. The van der Waals surface area contributed by atoms with Crippen molar-refractivity contribution in [2.45, 2.75) is 25.7 Å². The molecular weight excluding hydrogens is 169 g/mol. The summed E-state index contributed by atoms with van der Waals surface area (Å²) in [4.78, 5) is 2.33. The third-order valence-corrected chi connectivity index (χ3v) is 2.84. The molecule has 0 aromatic carbocycles. The second-order valence-corrected chi connectivity index (χ2v) is 3.82. The van der Waals surface area contributed by atoms with E-state index in [-0.39, 0.29) is 13.3 Å². The van der Waals surface area contributed by atoms with Crippen LogP contribution in [0.2, 0.25) is 0 Å². The molecule has 0 spiro atoms. The molecular formula is C10H19FNO. The molecule has 2 nitrogen and oxygen atoms in total. The molecule has 1 rings (SSSR count). The summed E-state index contributed by atoms with van der Waals surface area (Å²) in [5.41, 5.74) is 0. The molecule has 0 aromatic heterocycles. The van der Waals surface area contributed by atoms with Crippen molar-refractivity contribution in [3.8, 4) is 0 Å². The monoisotopic (exact) mass is 188 g/mol. The van der Waals surface area contributed by atoms with Crippen LogP contribution in [0.5, 0.6) is 0 Å². The molecule has 1 saturated heterocycles. The average molecular weight is 188 g/mol. The number of halogens is 1. The van der Waals surface area contributed by atoms with Crippen LogP contribution in [0.1, 0.15) is 25.7 Å². The Morgan fingerprint density at radius 2 is 2.00 bits per heavy atom. The van der Waals surface area contributed by atoms with E-state index in [1.165, 1.54) is 0 Å². The van der Waals surface area contributed by atoms with Gasteiger partial charge < -0.3 is 4.90 Å². The topological polar surface area (TPSA) is 23.1 Å². The van der Waals surface area contributed by atoms with Crippen LogP contribution in [-0.2, 0) is 5.11 Å². The van der Waals surface area contributed by atoms with Gasteiger partial charge in [-0.05, 0) is 44.7 Å². The Morgan fingerprint density at radius 3 is 2.54 bits per heavy atom. The second-order valence-electron chi connectivity index (χ2n) is 3.82. The minimum absolute atomic E-state index is 0.0322. The fourth-order valence-corrected chi connectivity index (χ4v) is 1.94. The van der Waals surface area contributed by atoms with Crippen molar-refractivity contribution in [2.75, 3.05) is 32.9 Å². The molecule has 77 valence electrons. The summed E-state index contributed by atoms with van der Waals surface area (Å²) < 4.78 is 12.0. The third-order valence-electron chi connectivity index (χ3n) is 2.84. The molecule has 0 atom stereocenters. The van der Waals surface area contributed by atoms with E-state index < -0.39 is 0 Å². The number of hydrogen-bond acceptors (Lipinski definition) is 1. The van der Waals surface area contributed by atoms with Crippen LogP contribution in [0.4, 0.5) is 4.39 Å². The van der Waals surface area contributed by atoms with E-state index in [1.54, 1.807) is 0 Å². The molecule has 0 saturated carbocycles. The van der Waals surface area contributed by atoms with E-state index in [4.69, 9.17) is 0 Å². The predicted molar refractivity (Wildman–Crippen MR) is 49.9 cm³/mol. The quantitative estimate of drug-likeness (QED) is 0.646. The molecule has 1 radical (unpaired) electrons. The number of hydrogen-bond donors (Lipinski definition) is 0. The molecule has 1 aliphatic heterocycles. The first kappa shape index (κ1) is 10.9. The van der Waals surface area contributed by atoms with Crippen molar-refractivity contribution in [3.05, 3.63) is 0 Å². The molecule has 1 fully saturated rings. The summed E-state index contributed by atoms with van der Waals surface area (Å²) in [6.45, 7) is 2.91. The SMILES string of the molecule is [O]CCCN1CCC(CCF)CC1. The zero-order valence-corrected chi connectivity index (χ0v) is 8.17. The van der Waals surface area contributed by atoms with Gasteiger partial charge in [-0.3, -0.25) is 4.39 Å². The first-order chi connectivity index (χ1) is 6.36. The molecule has 0 unspecified atom stereocenters. The van der Waals surface area contributed by atoms with Gasteiger partial charge in [-0.1, -0.05) is 0 Å². The zero-order chi connectivity index (χ0) is 9.52. The van der Waals surface area contributed by atoms with Crippen LogP contribution >= 0.6 is 0 Å². The predicted octanol–water partition coefficient (Wildman–Crippen LogP) is 1.88. The van der Waals surface area contributed by atoms with Crippen molar-refractivity contribution in [1.82, 2.24) is 4.90 Å². The lowest BCUT2D eigenvalue weighted by Crippen LogP contribution is -2.34. The fraction of sp³-hybridized carbons (Fsp3) is 1.00. The van der Waals surface area contributed by atoms with E-state index in [2.05, 4.69) is 4.90 Å². The molecule has 0 aromatic rings. The Hall–Kier alpha value is -0.150. The van der Waals surface area contributed by atoms with Crippen molar-refractivity contribution >= 4 is 0 Å². The van der Waals surface area contributed by atoms with E-state index >= 15 is 0 Å². The van der Waals surface area contributed by atoms with E-state index in [1.807, 2.05) is 0 Å². The highest BCUT2D eigenvalue weighted by atomic mass is 19.1. The van der Waals surface area contributed by atoms with Crippen molar-refractivity contribution in [1.29, 1.82) is 0 Å². The number of nitrogens with zero attached hydrogens (tertiary/aromatic N) is 1. The molecule has 0 bridgehead atoms. The lowest BCUT2D eigenvalue weighted by molar-refractivity contribution is 0.138. The maximum absolute atomic E-state index is 12.0. The van der Waals surface area contributed by atoms with Gasteiger partial charge in [-0.15, -0.1) is 0 Å². The number of rotatable bonds is 5. The lowest BCUT2D eigenvalue weighted by atomic mass is 9.94. The Kier molecular flexibility index (Phi) is 5.32. The summed E-state index contributed by atoms with van der Waals surface area (Å²) in [6.07, 6.45) is 3.72. The molecule has 0 amide bonds. The van der Waals surface area contributed by atoms with Crippen LogP contribution < -0.4 is 0 Å². The first-order valence-electron chi connectivity index (χ1n) is 5.23. The molecule has 13 heavy (non-hydrogen) atoms. The lowest BCUT2D eigenvalue weighted by Gasteiger charge is -2.31. The Balaban J connectivity index is 2.08. The van der Waals surface area contributed by atoms with Crippen LogP contribution in [0, 0.1) is 5.92 Å². The summed E-state index contributed by atoms with van der Waals surface area (Å²) >= 11 is 0. The van der Waals surface area contributed by atoms with Crippen molar-refractivity contribution < 1.29 is 9.50 Å². The molecule has 0 N–H and O–H groups in total. The average Bonchev–Trinajstić information content (AvgIpc) is 2.17. The number of piperidine rings is 1. The minimum atomic E-state index is -0.175. The largest absolute Gasteiger partial charge is 0.303 e. The van der Waals surface area contributed by atoms with Crippen LogP contribution in [0.15, 0.2) is 0 Å². The normalized spacial score (nSPS) is 20.8. The van der Waals surface area contributed by atoms with Gasteiger partial charge in [0, 0.05) is 6.54 Å². The molecule has 1 heterocycles. The van der Waals surface area contributed by atoms with Crippen LogP contribution in [-0.4, -0.2) is 37.8 Å². The van der Waals surface area contributed by atoms with Gasteiger partial charge >= 0.3 is 0 Å². The summed E-state index contributed by atoms with van der Waals surface area (Å²) in [7, 11) is 0. The Labute approximate surface area is 79.7 Å². The Morgan fingerprint density at radius 1 is 1.31 bits per heavy atom. The van der Waals surface area contributed by atoms with Crippen molar-refractivity contribution in [3.63, 3.8) is 0 Å². The van der Waals surface area contributed by atoms with E-state index in [0.29, 0.717) is 5.92 Å². The van der Waals surface area contributed by atoms with Crippen LogP contribution in [0.3, 0.4) is 0 Å². The maximum Gasteiger partial charge on any atom is 0.0897 e. The summed E-state index contributed by atoms with van der Waals surface area (Å²) in [6, 6.07) is 0. The standard InChI is InChI=1S/C10H19FNO/c11-5-2-10-3-7-12(8-4-10)6-1-9-13/h10H,1-9H2. The summed E-state index contributed by atoms with van der Waals surface area (Å²) in [5.74, 6) is 0.591. The highest BCUT2D eigenvalue weighted by Gasteiger charge is 2.17. The second kappa shape index (κ2) is 6.33. The van der Waals surface area contributed by atoms with Gasteiger partial charge in [0.15, 0.2) is 0 Å². The first-order valence-corrected chi connectivity index (χ1v) is 5.23. The van der Waals surface area contributed by atoms with Gasteiger partial charge in [-0.25, -0.2) is 5.11 Å². The summed E-state index contributed by atoms with van der Waals surface area (Å²) in [5, 5.41) is 10.3. The minimum Gasteiger partial charge on any atom is -0.303 e. The number of likely N-dealkylation sites (tertiary alicyclic amines) is 1. The fourth-order valence-electron chi connectivity index (χ4n) is 1.94. The van der Waals surface area contributed by atoms with Gasteiger partial charge in [0.05, 0.1) is 13.3 Å². The highest BCUT2D eigenvalue weighted by molar-refractivity contribution is 4.71. The van der Waals surface area contributed by atoms with E-state index in [0.717, 1.165) is 45.3 Å². The zero-order valence-electron chi connectivity index (χ0n) is 8.17. The third kappa shape index (κ3) is 4.05. The van der Waals surface area contributed by atoms with Gasteiger partial charge in [0.1, 0.15) is 0 Å². The van der Waals surface area contributed by atoms with Crippen molar-refractivity contribution in [2.24, 2.45) is 5.92 Å². The maximum atomic E-state index is 12.0. The van der Waals surface area contributed by atoms with Gasteiger partial charge in [-0.2, -0.15) is 0 Å². The molecule has 1 aliphatic rings.